The van der Waals surface area contributed by atoms with Gasteiger partial charge in [0.1, 0.15) is 18.3 Å². The third-order valence-corrected chi connectivity index (χ3v) is 5.89. The molecule has 1 fully saturated rings. The van der Waals surface area contributed by atoms with Gasteiger partial charge in [0, 0.05) is 0 Å². The van der Waals surface area contributed by atoms with Gasteiger partial charge in [0.2, 0.25) is 0 Å². The molecule has 5 heteroatoms. The van der Waals surface area contributed by atoms with Crippen LogP contribution in [0.3, 0.4) is 0 Å². The van der Waals surface area contributed by atoms with Gasteiger partial charge in [0.15, 0.2) is 6.29 Å². The molecule has 0 spiro atoms. The molecule has 5 nitrogen and oxygen atoms in total. The zero-order chi connectivity index (χ0) is 19.5. The standard InChI is InChI=1S/C21H36O5/c1-13(2)7-6-12-21(5,16-10-8-14(3)9-11-16)26-20-19(24)18(23)17(22)15(4)25-20/h7-8,15-20,22-24H,6,9-12H2,1-5H3/t15-,16+,17-,18-,19+,20-,21+/m1/s1. The van der Waals surface area contributed by atoms with E-state index in [2.05, 4.69) is 39.8 Å². The molecule has 0 radical (unpaired) electrons. The van der Waals surface area contributed by atoms with Crippen LogP contribution in [0.2, 0.25) is 0 Å². The topological polar surface area (TPSA) is 79.2 Å². The molecule has 0 aromatic carbocycles. The predicted molar refractivity (Wildman–Crippen MR) is 102 cm³/mol. The summed E-state index contributed by atoms with van der Waals surface area (Å²) in [5.74, 6) is 0.326. The van der Waals surface area contributed by atoms with Gasteiger partial charge in [-0.3, -0.25) is 0 Å². The van der Waals surface area contributed by atoms with Gasteiger partial charge >= 0.3 is 0 Å². The van der Waals surface area contributed by atoms with Gasteiger partial charge in [-0.05, 0) is 72.6 Å². The van der Waals surface area contributed by atoms with Crippen LogP contribution in [0.15, 0.2) is 23.3 Å². The van der Waals surface area contributed by atoms with Gasteiger partial charge in [0.25, 0.3) is 0 Å². The summed E-state index contributed by atoms with van der Waals surface area (Å²) in [5, 5.41) is 30.4. The summed E-state index contributed by atoms with van der Waals surface area (Å²) in [6.07, 6.45) is 4.06. The first-order valence-corrected chi connectivity index (χ1v) is 9.80. The minimum Gasteiger partial charge on any atom is -0.388 e. The van der Waals surface area contributed by atoms with E-state index < -0.39 is 36.3 Å². The van der Waals surface area contributed by atoms with Crippen molar-refractivity contribution in [1.82, 2.24) is 0 Å². The molecule has 1 heterocycles. The van der Waals surface area contributed by atoms with Crippen molar-refractivity contribution in [3.05, 3.63) is 23.3 Å². The summed E-state index contributed by atoms with van der Waals surface area (Å²) >= 11 is 0. The lowest BCUT2D eigenvalue weighted by molar-refractivity contribution is -0.325. The Hall–Kier alpha value is -0.720. The second-order valence-corrected chi connectivity index (χ2v) is 8.45. The molecule has 150 valence electrons. The second kappa shape index (κ2) is 8.98. The third-order valence-electron chi connectivity index (χ3n) is 5.89. The quantitative estimate of drug-likeness (QED) is 0.628. The Bertz CT molecular complexity index is 524. The monoisotopic (exact) mass is 368 g/mol. The molecule has 0 saturated carbocycles. The molecule has 2 aliphatic rings. The fourth-order valence-corrected chi connectivity index (χ4v) is 3.90. The maximum absolute atomic E-state index is 10.4. The normalized spacial score (nSPS) is 37.6. The van der Waals surface area contributed by atoms with Crippen LogP contribution < -0.4 is 0 Å². The SMILES string of the molecule is CC(C)=CCC[C@](C)(O[C@H]1O[C@H](C)[C@@H](O)[C@@H](O)[C@@H]1O)[C@H]1CC=C(C)CC1. The predicted octanol–water partition coefficient (Wildman–Crippen LogP) is 3.08. The summed E-state index contributed by atoms with van der Waals surface area (Å²) in [4.78, 5) is 0. The highest BCUT2D eigenvalue weighted by Gasteiger charge is 2.46. The van der Waals surface area contributed by atoms with Gasteiger partial charge in [-0.1, -0.05) is 23.3 Å². The van der Waals surface area contributed by atoms with Crippen LogP contribution in [0.1, 0.15) is 66.7 Å². The van der Waals surface area contributed by atoms with Gasteiger partial charge in [-0.2, -0.15) is 0 Å². The molecule has 26 heavy (non-hydrogen) atoms. The lowest BCUT2D eigenvalue weighted by atomic mass is 9.76. The molecule has 1 aliphatic carbocycles. The number of ether oxygens (including phenoxy) is 2. The van der Waals surface area contributed by atoms with Crippen LogP contribution in [-0.2, 0) is 9.47 Å². The minimum atomic E-state index is -1.26. The van der Waals surface area contributed by atoms with Crippen LogP contribution in [0, 0.1) is 5.92 Å². The number of rotatable bonds is 6. The van der Waals surface area contributed by atoms with E-state index in [1.54, 1.807) is 6.92 Å². The van der Waals surface area contributed by atoms with Crippen LogP contribution in [0.25, 0.3) is 0 Å². The van der Waals surface area contributed by atoms with Gasteiger partial charge in [0.05, 0.1) is 11.7 Å². The van der Waals surface area contributed by atoms with Crippen molar-refractivity contribution in [1.29, 1.82) is 0 Å². The summed E-state index contributed by atoms with van der Waals surface area (Å²) in [7, 11) is 0. The Morgan fingerprint density at radius 2 is 1.96 bits per heavy atom. The fraction of sp³-hybridized carbons (Fsp3) is 0.810. The second-order valence-electron chi connectivity index (χ2n) is 8.45. The van der Waals surface area contributed by atoms with Crippen molar-refractivity contribution >= 4 is 0 Å². The number of aliphatic hydroxyl groups excluding tert-OH is 3. The molecule has 0 aromatic rings. The zero-order valence-electron chi connectivity index (χ0n) is 16.8. The van der Waals surface area contributed by atoms with E-state index in [0.29, 0.717) is 5.92 Å². The summed E-state index contributed by atoms with van der Waals surface area (Å²) in [5.41, 5.74) is 2.21. The van der Waals surface area contributed by atoms with Crippen LogP contribution in [-0.4, -0.2) is 51.6 Å². The Morgan fingerprint density at radius 3 is 2.54 bits per heavy atom. The molecule has 0 bridgehead atoms. The molecule has 2 rings (SSSR count). The lowest BCUT2D eigenvalue weighted by Crippen LogP contribution is -2.59. The summed E-state index contributed by atoms with van der Waals surface area (Å²) < 4.78 is 12.0. The molecule has 0 aromatic heterocycles. The van der Waals surface area contributed by atoms with Crippen molar-refractivity contribution in [2.45, 2.75) is 103 Å². The average molecular weight is 369 g/mol. The zero-order valence-corrected chi connectivity index (χ0v) is 16.8. The molecule has 0 amide bonds. The Labute approximate surface area is 157 Å². The Morgan fingerprint density at radius 1 is 1.27 bits per heavy atom. The lowest BCUT2D eigenvalue weighted by Gasteiger charge is -2.46. The van der Waals surface area contributed by atoms with E-state index >= 15 is 0 Å². The maximum atomic E-state index is 10.4. The minimum absolute atomic E-state index is 0.326. The number of allylic oxidation sites excluding steroid dienone is 4. The number of hydrogen-bond acceptors (Lipinski definition) is 5. The number of aliphatic hydroxyl groups is 3. The molecular weight excluding hydrogens is 332 g/mol. The Kier molecular flexibility index (Phi) is 7.45. The van der Waals surface area contributed by atoms with Crippen molar-refractivity contribution in [3.8, 4) is 0 Å². The smallest absolute Gasteiger partial charge is 0.187 e. The van der Waals surface area contributed by atoms with E-state index in [-0.39, 0.29) is 0 Å². The molecule has 0 unspecified atom stereocenters. The fourth-order valence-electron chi connectivity index (χ4n) is 3.90. The first-order chi connectivity index (χ1) is 12.1. The van der Waals surface area contributed by atoms with Gasteiger partial charge in [-0.25, -0.2) is 0 Å². The third kappa shape index (κ3) is 5.17. The molecule has 1 aliphatic heterocycles. The largest absolute Gasteiger partial charge is 0.388 e. The Balaban J connectivity index is 2.16. The van der Waals surface area contributed by atoms with Crippen LogP contribution in [0.5, 0.6) is 0 Å². The first kappa shape index (κ1) is 21.6. The number of hydrogen-bond donors (Lipinski definition) is 3. The molecule has 1 saturated heterocycles. The van der Waals surface area contributed by atoms with Crippen LogP contribution >= 0.6 is 0 Å². The molecule has 3 N–H and O–H groups in total. The highest BCUT2D eigenvalue weighted by Crippen LogP contribution is 2.40. The van der Waals surface area contributed by atoms with E-state index in [1.165, 1.54) is 11.1 Å². The average Bonchev–Trinajstić information content (AvgIpc) is 2.58. The van der Waals surface area contributed by atoms with Crippen molar-refractivity contribution in [3.63, 3.8) is 0 Å². The van der Waals surface area contributed by atoms with E-state index in [1.807, 2.05) is 0 Å². The van der Waals surface area contributed by atoms with Crippen molar-refractivity contribution in [2.24, 2.45) is 5.92 Å². The summed E-state index contributed by atoms with van der Waals surface area (Å²) in [6, 6.07) is 0. The van der Waals surface area contributed by atoms with E-state index in [4.69, 9.17) is 9.47 Å². The van der Waals surface area contributed by atoms with Crippen LogP contribution in [0.4, 0.5) is 0 Å². The van der Waals surface area contributed by atoms with Crippen molar-refractivity contribution < 1.29 is 24.8 Å². The molecule has 7 atom stereocenters. The first-order valence-electron chi connectivity index (χ1n) is 9.80. The molecular formula is C21H36O5. The van der Waals surface area contributed by atoms with E-state index in [0.717, 1.165) is 32.1 Å². The van der Waals surface area contributed by atoms with Crippen molar-refractivity contribution in [2.75, 3.05) is 0 Å². The highest BCUT2D eigenvalue weighted by atomic mass is 16.7. The van der Waals surface area contributed by atoms with Gasteiger partial charge in [-0.15, -0.1) is 0 Å². The van der Waals surface area contributed by atoms with E-state index in [9.17, 15) is 15.3 Å². The summed E-state index contributed by atoms with van der Waals surface area (Å²) in [6.45, 7) is 10.1. The highest BCUT2D eigenvalue weighted by molar-refractivity contribution is 5.07. The maximum Gasteiger partial charge on any atom is 0.187 e. The van der Waals surface area contributed by atoms with Gasteiger partial charge < -0.3 is 24.8 Å².